The summed E-state index contributed by atoms with van der Waals surface area (Å²) < 4.78 is 3.09. The van der Waals surface area contributed by atoms with Gasteiger partial charge in [0.2, 0.25) is 0 Å². The Morgan fingerprint density at radius 2 is 2.04 bits per heavy atom. The van der Waals surface area contributed by atoms with E-state index >= 15 is 0 Å². The van der Waals surface area contributed by atoms with Gasteiger partial charge >= 0.3 is 0 Å². The van der Waals surface area contributed by atoms with Crippen LogP contribution in [0.5, 0.6) is 0 Å². The van der Waals surface area contributed by atoms with Crippen molar-refractivity contribution in [2.45, 2.75) is 32.7 Å². The Bertz CT molecular complexity index is 794. The molecule has 0 radical (unpaired) electrons. The Kier molecular flexibility index (Phi) is 3.97. The van der Waals surface area contributed by atoms with Gasteiger partial charge in [0.1, 0.15) is 17.3 Å². The average molecular weight is 316 g/mol. The number of aryl methyl sites for hydroxylation is 3. The number of amides is 1. The Hall–Kier alpha value is -2.51. The molecule has 0 aromatic carbocycles. The molecular formula is C15H20N6O2. The SMILES string of the molecule is Cc1nc(C)n(C2CCCN(C(=O)c3ccc(=O)n(C)n3)C2)n1. The van der Waals surface area contributed by atoms with E-state index in [9.17, 15) is 9.59 Å². The molecule has 1 saturated heterocycles. The molecule has 8 heteroatoms. The zero-order valence-corrected chi connectivity index (χ0v) is 13.6. The molecule has 3 heterocycles. The Labute approximate surface area is 133 Å². The molecule has 1 atom stereocenters. The molecule has 1 fully saturated rings. The van der Waals surface area contributed by atoms with Crippen molar-refractivity contribution in [3.05, 3.63) is 39.8 Å². The van der Waals surface area contributed by atoms with Crippen LogP contribution in [-0.2, 0) is 7.05 Å². The van der Waals surface area contributed by atoms with Crippen molar-refractivity contribution in [2.24, 2.45) is 7.05 Å². The lowest BCUT2D eigenvalue weighted by Crippen LogP contribution is -2.42. The lowest BCUT2D eigenvalue weighted by molar-refractivity contribution is 0.0662. The zero-order chi connectivity index (χ0) is 16.6. The van der Waals surface area contributed by atoms with E-state index in [0.717, 1.165) is 24.5 Å². The molecule has 2 aromatic heterocycles. The second-order valence-electron chi connectivity index (χ2n) is 5.88. The van der Waals surface area contributed by atoms with Gasteiger partial charge in [-0.1, -0.05) is 0 Å². The topological polar surface area (TPSA) is 85.9 Å². The molecule has 0 spiro atoms. The van der Waals surface area contributed by atoms with Gasteiger partial charge in [-0.3, -0.25) is 9.59 Å². The van der Waals surface area contributed by atoms with E-state index in [-0.39, 0.29) is 17.5 Å². The summed E-state index contributed by atoms with van der Waals surface area (Å²) in [6.07, 6.45) is 1.87. The number of rotatable bonds is 2. The fourth-order valence-electron chi connectivity index (χ4n) is 3.00. The lowest BCUT2D eigenvalue weighted by atomic mass is 10.1. The van der Waals surface area contributed by atoms with E-state index < -0.39 is 0 Å². The van der Waals surface area contributed by atoms with Crippen molar-refractivity contribution < 1.29 is 4.79 Å². The van der Waals surface area contributed by atoms with Gasteiger partial charge in [-0.25, -0.2) is 14.3 Å². The van der Waals surface area contributed by atoms with E-state index in [0.29, 0.717) is 18.8 Å². The quantitative estimate of drug-likeness (QED) is 0.804. The molecule has 2 aromatic rings. The van der Waals surface area contributed by atoms with Crippen molar-refractivity contribution in [1.29, 1.82) is 0 Å². The lowest BCUT2D eigenvalue weighted by Gasteiger charge is -2.32. The fourth-order valence-corrected chi connectivity index (χ4v) is 3.00. The number of carbonyl (C=O) groups is 1. The van der Waals surface area contributed by atoms with Crippen LogP contribution in [0.4, 0.5) is 0 Å². The average Bonchev–Trinajstić information content (AvgIpc) is 2.88. The maximum atomic E-state index is 12.6. The maximum Gasteiger partial charge on any atom is 0.274 e. The Morgan fingerprint density at radius 1 is 1.26 bits per heavy atom. The molecule has 0 aliphatic carbocycles. The first kappa shape index (κ1) is 15.4. The minimum Gasteiger partial charge on any atom is -0.335 e. The summed E-state index contributed by atoms with van der Waals surface area (Å²) in [5, 5.41) is 8.48. The standard InChI is InChI=1S/C15H20N6O2/c1-10-16-11(2)21(17-10)12-5-4-8-20(9-12)15(23)13-6-7-14(22)19(3)18-13/h6-7,12H,4-5,8-9H2,1-3H3. The molecular weight excluding hydrogens is 296 g/mol. The molecule has 0 saturated carbocycles. The van der Waals surface area contributed by atoms with Crippen molar-refractivity contribution in [3.63, 3.8) is 0 Å². The summed E-state index contributed by atoms with van der Waals surface area (Å²) in [7, 11) is 1.54. The summed E-state index contributed by atoms with van der Waals surface area (Å²) in [6.45, 7) is 5.05. The smallest absolute Gasteiger partial charge is 0.274 e. The summed E-state index contributed by atoms with van der Waals surface area (Å²) >= 11 is 0. The van der Waals surface area contributed by atoms with Crippen molar-refractivity contribution >= 4 is 5.91 Å². The molecule has 1 unspecified atom stereocenters. The predicted octanol–water partition coefficient (Wildman–Crippen LogP) is 0.466. The van der Waals surface area contributed by atoms with E-state index in [1.54, 1.807) is 11.9 Å². The van der Waals surface area contributed by atoms with E-state index in [1.165, 1.54) is 16.8 Å². The molecule has 23 heavy (non-hydrogen) atoms. The largest absolute Gasteiger partial charge is 0.335 e. The highest BCUT2D eigenvalue weighted by molar-refractivity contribution is 5.92. The van der Waals surface area contributed by atoms with Gasteiger partial charge in [-0.05, 0) is 32.8 Å². The highest BCUT2D eigenvalue weighted by Gasteiger charge is 2.28. The van der Waals surface area contributed by atoms with Gasteiger partial charge in [-0.2, -0.15) is 10.2 Å². The number of nitrogens with zero attached hydrogens (tertiary/aromatic N) is 6. The van der Waals surface area contributed by atoms with Crippen LogP contribution in [0.15, 0.2) is 16.9 Å². The predicted molar refractivity (Wildman–Crippen MR) is 83.1 cm³/mol. The third-order valence-corrected chi connectivity index (χ3v) is 4.12. The summed E-state index contributed by atoms with van der Waals surface area (Å²) in [5.74, 6) is 1.45. The van der Waals surface area contributed by atoms with E-state index in [4.69, 9.17) is 0 Å². The van der Waals surface area contributed by atoms with E-state index in [1.807, 2.05) is 18.5 Å². The first-order valence-electron chi connectivity index (χ1n) is 7.69. The van der Waals surface area contributed by atoms with Crippen LogP contribution in [-0.4, -0.2) is 48.4 Å². The fraction of sp³-hybridized carbons (Fsp3) is 0.533. The molecule has 0 bridgehead atoms. The van der Waals surface area contributed by atoms with Crippen LogP contribution in [0.25, 0.3) is 0 Å². The number of carbonyl (C=O) groups excluding carboxylic acids is 1. The molecule has 8 nitrogen and oxygen atoms in total. The minimum atomic E-state index is -0.230. The number of likely N-dealkylation sites (tertiary alicyclic amines) is 1. The van der Waals surface area contributed by atoms with Crippen molar-refractivity contribution in [1.82, 2.24) is 29.4 Å². The second-order valence-corrected chi connectivity index (χ2v) is 5.88. The number of hydrogen-bond donors (Lipinski definition) is 0. The third-order valence-electron chi connectivity index (χ3n) is 4.12. The van der Waals surface area contributed by atoms with E-state index in [2.05, 4.69) is 15.2 Å². The Balaban J connectivity index is 1.80. The van der Waals surface area contributed by atoms with Gasteiger partial charge in [0.25, 0.3) is 11.5 Å². The number of piperidine rings is 1. The van der Waals surface area contributed by atoms with Crippen LogP contribution >= 0.6 is 0 Å². The second kappa shape index (κ2) is 5.94. The van der Waals surface area contributed by atoms with Gasteiger partial charge < -0.3 is 4.90 Å². The van der Waals surface area contributed by atoms with Crippen LogP contribution < -0.4 is 5.56 Å². The summed E-state index contributed by atoms with van der Waals surface area (Å²) in [4.78, 5) is 30.1. The first-order chi connectivity index (χ1) is 11.0. The highest BCUT2D eigenvalue weighted by Crippen LogP contribution is 2.23. The normalized spacial score (nSPS) is 18.2. The number of aromatic nitrogens is 5. The van der Waals surface area contributed by atoms with Gasteiger partial charge in [-0.15, -0.1) is 0 Å². The van der Waals surface area contributed by atoms with Gasteiger partial charge in [0, 0.05) is 26.2 Å². The van der Waals surface area contributed by atoms with Crippen molar-refractivity contribution in [3.8, 4) is 0 Å². The van der Waals surface area contributed by atoms with Crippen LogP contribution in [0.3, 0.4) is 0 Å². The Morgan fingerprint density at radius 3 is 2.70 bits per heavy atom. The first-order valence-corrected chi connectivity index (χ1v) is 7.69. The molecule has 1 amide bonds. The van der Waals surface area contributed by atoms with Crippen LogP contribution in [0, 0.1) is 13.8 Å². The van der Waals surface area contributed by atoms with Crippen molar-refractivity contribution in [2.75, 3.05) is 13.1 Å². The summed E-state index contributed by atoms with van der Waals surface area (Å²) in [6, 6.07) is 2.98. The van der Waals surface area contributed by atoms with Gasteiger partial charge in [0.15, 0.2) is 0 Å². The molecule has 1 aliphatic rings. The third kappa shape index (κ3) is 3.01. The van der Waals surface area contributed by atoms with Crippen LogP contribution in [0.2, 0.25) is 0 Å². The maximum absolute atomic E-state index is 12.6. The summed E-state index contributed by atoms with van der Waals surface area (Å²) in [5.41, 5.74) is 0.0611. The molecule has 122 valence electrons. The minimum absolute atomic E-state index is 0.126. The molecule has 3 rings (SSSR count). The van der Waals surface area contributed by atoms with Crippen LogP contribution in [0.1, 0.15) is 41.0 Å². The monoisotopic (exact) mass is 316 g/mol. The zero-order valence-electron chi connectivity index (χ0n) is 13.6. The molecule has 1 aliphatic heterocycles. The molecule has 0 N–H and O–H groups in total. The highest BCUT2D eigenvalue weighted by atomic mass is 16.2. The van der Waals surface area contributed by atoms with Gasteiger partial charge in [0.05, 0.1) is 6.04 Å². The number of hydrogen-bond acceptors (Lipinski definition) is 5.